The van der Waals surface area contributed by atoms with Gasteiger partial charge in [0, 0.05) is 6.04 Å². The number of alkyl halides is 3. The van der Waals surface area contributed by atoms with E-state index in [-0.39, 0.29) is 11.5 Å². The van der Waals surface area contributed by atoms with Gasteiger partial charge in [0.25, 0.3) is 0 Å². The van der Waals surface area contributed by atoms with E-state index in [4.69, 9.17) is 5.84 Å². The number of hydrogen-bond acceptors (Lipinski definition) is 2. The van der Waals surface area contributed by atoms with Gasteiger partial charge >= 0.3 is 6.18 Å². The Morgan fingerprint density at radius 2 is 1.89 bits per heavy atom. The molecule has 0 aliphatic rings. The van der Waals surface area contributed by atoms with E-state index in [9.17, 15) is 13.2 Å². The second-order valence-electron chi connectivity index (χ2n) is 4.85. The smallest absolute Gasteiger partial charge is 0.271 e. The molecule has 1 aromatic rings. The maximum atomic E-state index is 13.0. The molecule has 108 valence electrons. The third-order valence-electron chi connectivity index (χ3n) is 3.36. The van der Waals surface area contributed by atoms with Gasteiger partial charge in [-0.1, -0.05) is 44.9 Å². The number of benzene rings is 1. The van der Waals surface area contributed by atoms with Crippen molar-refractivity contribution in [2.45, 2.75) is 45.3 Å². The number of halogens is 3. The highest BCUT2D eigenvalue weighted by molar-refractivity contribution is 5.32. The Hall–Kier alpha value is -1.07. The van der Waals surface area contributed by atoms with E-state index in [1.54, 1.807) is 6.07 Å². The van der Waals surface area contributed by atoms with Crippen LogP contribution in [-0.4, -0.2) is 0 Å². The summed E-state index contributed by atoms with van der Waals surface area (Å²) in [7, 11) is 0. The van der Waals surface area contributed by atoms with Crippen molar-refractivity contribution in [1.29, 1.82) is 0 Å². The van der Waals surface area contributed by atoms with E-state index in [0.717, 1.165) is 25.3 Å². The predicted molar refractivity (Wildman–Crippen MR) is 70.2 cm³/mol. The van der Waals surface area contributed by atoms with Crippen molar-refractivity contribution in [3.63, 3.8) is 0 Å². The Labute approximate surface area is 112 Å². The lowest BCUT2D eigenvalue weighted by molar-refractivity contribution is -0.138. The molecule has 2 atom stereocenters. The van der Waals surface area contributed by atoms with Gasteiger partial charge in [-0.3, -0.25) is 11.3 Å². The predicted octanol–water partition coefficient (Wildman–Crippen LogP) is 4.04. The second kappa shape index (κ2) is 6.91. The highest BCUT2D eigenvalue weighted by Crippen LogP contribution is 2.37. The van der Waals surface area contributed by atoms with Crippen LogP contribution in [-0.2, 0) is 6.18 Å². The maximum Gasteiger partial charge on any atom is 0.416 e. The van der Waals surface area contributed by atoms with Gasteiger partial charge in [0.2, 0.25) is 0 Å². The monoisotopic (exact) mass is 274 g/mol. The van der Waals surface area contributed by atoms with Crippen LogP contribution in [0.25, 0.3) is 0 Å². The molecule has 0 spiro atoms. The molecule has 0 amide bonds. The third-order valence-corrected chi connectivity index (χ3v) is 3.36. The molecular weight excluding hydrogens is 253 g/mol. The minimum atomic E-state index is -4.35. The number of rotatable bonds is 6. The lowest BCUT2D eigenvalue weighted by Crippen LogP contribution is -2.34. The molecule has 0 heterocycles. The fraction of sp³-hybridized carbons (Fsp3) is 0.571. The van der Waals surface area contributed by atoms with Crippen molar-refractivity contribution in [1.82, 2.24) is 5.43 Å². The van der Waals surface area contributed by atoms with Crippen LogP contribution in [0, 0.1) is 5.92 Å². The number of nitrogens with one attached hydrogen (secondary N) is 1. The summed E-state index contributed by atoms with van der Waals surface area (Å²) in [5.41, 5.74) is 2.15. The quantitative estimate of drug-likeness (QED) is 0.607. The molecule has 0 radical (unpaired) electrons. The molecule has 5 heteroatoms. The van der Waals surface area contributed by atoms with Gasteiger partial charge in [-0.05, 0) is 24.0 Å². The minimum absolute atomic E-state index is 0.0495. The average Bonchev–Trinajstić information content (AvgIpc) is 2.36. The van der Waals surface area contributed by atoms with Crippen molar-refractivity contribution in [2.24, 2.45) is 11.8 Å². The lowest BCUT2D eigenvalue weighted by atomic mass is 9.88. The first kappa shape index (κ1) is 16.0. The SMILES string of the molecule is CCCCC(C)C(NN)c1ccccc1C(F)(F)F. The van der Waals surface area contributed by atoms with E-state index < -0.39 is 17.8 Å². The number of nitrogens with two attached hydrogens (primary N) is 1. The molecule has 1 aromatic carbocycles. The van der Waals surface area contributed by atoms with E-state index in [2.05, 4.69) is 12.3 Å². The van der Waals surface area contributed by atoms with Crippen LogP contribution in [0.4, 0.5) is 13.2 Å². The molecular formula is C14H21F3N2. The van der Waals surface area contributed by atoms with Crippen LogP contribution >= 0.6 is 0 Å². The summed E-state index contributed by atoms with van der Waals surface area (Å²) in [5, 5.41) is 0. The second-order valence-corrected chi connectivity index (χ2v) is 4.85. The number of hydrazine groups is 1. The molecule has 2 nitrogen and oxygen atoms in total. The van der Waals surface area contributed by atoms with Gasteiger partial charge in [-0.15, -0.1) is 0 Å². The molecule has 0 fully saturated rings. The van der Waals surface area contributed by atoms with E-state index in [1.165, 1.54) is 12.1 Å². The molecule has 19 heavy (non-hydrogen) atoms. The van der Waals surface area contributed by atoms with Crippen molar-refractivity contribution >= 4 is 0 Å². The third kappa shape index (κ3) is 4.21. The van der Waals surface area contributed by atoms with Gasteiger partial charge < -0.3 is 0 Å². The van der Waals surface area contributed by atoms with Gasteiger partial charge in [-0.25, -0.2) is 0 Å². The van der Waals surface area contributed by atoms with Crippen molar-refractivity contribution in [3.05, 3.63) is 35.4 Å². The van der Waals surface area contributed by atoms with Gasteiger partial charge in [-0.2, -0.15) is 13.2 Å². The first-order valence-corrected chi connectivity index (χ1v) is 6.54. The van der Waals surface area contributed by atoms with Crippen molar-refractivity contribution in [3.8, 4) is 0 Å². The summed E-state index contributed by atoms with van der Waals surface area (Å²) < 4.78 is 39.0. The Bertz CT molecular complexity index is 391. The summed E-state index contributed by atoms with van der Waals surface area (Å²) >= 11 is 0. The molecule has 0 aromatic heterocycles. The first-order chi connectivity index (χ1) is 8.91. The molecule has 0 bridgehead atoms. The van der Waals surface area contributed by atoms with E-state index >= 15 is 0 Å². The summed E-state index contributed by atoms with van der Waals surface area (Å²) in [6.45, 7) is 3.98. The van der Waals surface area contributed by atoms with Gasteiger partial charge in [0.15, 0.2) is 0 Å². The average molecular weight is 274 g/mol. The Balaban J connectivity index is 3.05. The zero-order chi connectivity index (χ0) is 14.5. The zero-order valence-corrected chi connectivity index (χ0v) is 11.3. The fourth-order valence-electron chi connectivity index (χ4n) is 2.28. The molecule has 3 N–H and O–H groups in total. The number of hydrogen-bond donors (Lipinski definition) is 2. The Kier molecular flexibility index (Phi) is 5.82. The summed E-state index contributed by atoms with van der Waals surface area (Å²) in [6, 6.07) is 5.13. The normalized spacial score (nSPS) is 15.3. The fourth-order valence-corrected chi connectivity index (χ4v) is 2.28. The zero-order valence-electron chi connectivity index (χ0n) is 11.3. The number of unbranched alkanes of at least 4 members (excludes halogenated alkanes) is 1. The van der Waals surface area contributed by atoms with Gasteiger partial charge in [0.05, 0.1) is 5.56 Å². The molecule has 0 aliphatic heterocycles. The van der Waals surface area contributed by atoms with Crippen LogP contribution in [0.5, 0.6) is 0 Å². The standard InChI is InChI=1S/C14H21F3N2/c1-3-4-7-10(2)13(19-18)11-8-5-6-9-12(11)14(15,16)17/h5-6,8-10,13,19H,3-4,7,18H2,1-2H3. The molecule has 2 unspecified atom stereocenters. The lowest BCUT2D eigenvalue weighted by Gasteiger charge is -2.26. The molecule has 0 saturated carbocycles. The Morgan fingerprint density at radius 1 is 1.26 bits per heavy atom. The summed E-state index contributed by atoms with van der Waals surface area (Å²) in [5.74, 6) is 5.52. The Morgan fingerprint density at radius 3 is 2.42 bits per heavy atom. The highest BCUT2D eigenvalue weighted by atomic mass is 19.4. The summed E-state index contributed by atoms with van der Waals surface area (Å²) in [6.07, 6.45) is -1.51. The van der Waals surface area contributed by atoms with Crippen LogP contribution in [0.3, 0.4) is 0 Å². The maximum absolute atomic E-state index is 13.0. The van der Waals surface area contributed by atoms with E-state index in [1.807, 2.05) is 6.92 Å². The topological polar surface area (TPSA) is 38.0 Å². The summed E-state index contributed by atoms with van der Waals surface area (Å²) in [4.78, 5) is 0. The largest absolute Gasteiger partial charge is 0.416 e. The van der Waals surface area contributed by atoms with E-state index in [0.29, 0.717) is 0 Å². The van der Waals surface area contributed by atoms with Crippen LogP contribution < -0.4 is 11.3 Å². The van der Waals surface area contributed by atoms with Crippen LogP contribution in [0.1, 0.15) is 50.3 Å². The first-order valence-electron chi connectivity index (χ1n) is 6.54. The van der Waals surface area contributed by atoms with Crippen LogP contribution in [0.15, 0.2) is 24.3 Å². The molecule has 1 rings (SSSR count). The van der Waals surface area contributed by atoms with Crippen molar-refractivity contribution in [2.75, 3.05) is 0 Å². The minimum Gasteiger partial charge on any atom is -0.271 e. The van der Waals surface area contributed by atoms with Gasteiger partial charge in [0.1, 0.15) is 0 Å². The molecule has 0 saturated heterocycles. The highest BCUT2D eigenvalue weighted by Gasteiger charge is 2.35. The van der Waals surface area contributed by atoms with Crippen LogP contribution in [0.2, 0.25) is 0 Å². The molecule has 0 aliphatic carbocycles. The van der Waals surface area contributed by atoms with Crippen molar-refractivity contribution < 1.29 is 13.2 Å².